The number of allylic oxidation sites excluding steroid dienone is 1. The van der Waals surface area contributed by atoms with Gasteiger partial charge in [0.1, 0.15) is 42.7 Å². The van der Waals surface area contributed by atoms with E-state index in [-0.39, 0.29) is 35.9 Å². The molecule has 314 valence electrons. The zero-order valence-electron chi connectivity index (χ0n) is 33.2. The summed E-state index contributed by atoms with van der Waals surface area (Å²) in [6, 6.07) is 0. The van der Waals surface area contributed by atoms with Gasteiger partial charge in [-0.2, -0.15) is 0 Å². The molecule has 0 aromatic heterocycles. The Labute approximate surface area is 323 Å². The molecule has 0 radical (unpaired) electrons. The fourth-order valence-electron chi connectivity index (χ4n) is 13.3. The van der Waals surface area contributed by atoms with Gasteiger partial charge in [0.2, 0.25) is 6.29 Å². The molecule has 14 nitrogen and oxygen atoms in total. The van der Waals surface area contributed by atoms with E-state index in [1.54, 1.807) is 0 Å². The number of rotatable bonds is 6. The van der Waals surface area contributed by atoms with Gasteiger partial charge in [-0.25, -0.2) is 0 Å². The molecule has 0 bridgehead atoms. The van der Waals surface area contributed by atoms with Crippen LogP contribution in [-0.4, -0.2) is 139 Å². The molecule has 0 amide bonds. The number of aliphatic hydroxyl groups is 9. The Kier molecular flexibility index (Phi) is 10.8. The maximum absolute atomic E-state index is 14.6. The fourth-order valence-corrected chi connectivity index (χ4v) is 13.3. The van der Waals surface area contributed by atoms with Crippen molar-refractivity contribution >= 4 is 5.97 Å². The number of hydrogen-bond acceptors (Lipinski definition) is 14. The lowest BCUT2D eigenvalue weighted by atomic mass is 9.33. The molecular weight excluding hydrogens is 716 g/mol. The summed E-state index contributed by atoms with van der Waals surface area (Å²) < 4.78 is 23.5. The second kappa shape index (κ2) is 14.2. The van der Waals surface area contributed by atoms with Gasteiger partial charge in [0.25, 0.3) is 0 Å². The van der Waals surface area contributed by atoms with E-state index in [2.05, 4.69) is 26.8 Å². The average Bonchev–Trinajstić information content (AvgIpc) is 3.14. The Morgan fingerprint density at radius 3 is 2.13 bits per heavy atom. The minimum absolute atomic E-state index is 0.0482. The third kappa shape index (κ3) is 5.97. The quantitative estimate of drug-likeness (QED) is 0.104. The lowest BCUT2D eigenvalue weighted by molar-refractivity contribution is -0.313. The summed E-state index contributed by atoms with van der Waals surface area (Å²) in [6.45, 7) is 12.1. The average molecular weight is 783 g/mol. The van der Waals surface area contributed by atoms with Crippen LogP contribution in [0.4, 0.5) is 0 Å². The molecule has 2 saturated heterocycles. The zero-order chi connectivity index (χ0) is 40.3. The van der Waals surface area contributed by atoms with E-state index in [1.807, 2.05) is 20.8 Å². The number of carbonyl (C=O) groups is 1. The van der Waals surface area contributed by atoms with Crippen LogP contribution in [0.3, 0.4) is 0 Å². The van der Waals surface area contributed by atoms with Crippen molar-refractivity contribution in [1.29, 1.82) is 0 Å². The molecule has 2 aliphatic heterocycles. The van der Waals surface area contributed by atoms with Gasteiger partial charge in [-0.15, -0.1) is 0 Å². The minimum atomic E-state index is -1.73. The van der Waals surface area contributed by atoms with Crippen LogP contribution >= 0.6 is 0 Å². The number of fused-ring (bicyclic) bond motifs is 7. The third-order valence-corrected chi connectivity index (χ3v) is 17.2. The molecule has 0 spiro atoms. The molecule has 9 N–H and O–H groups in total. The van der Waals surface area contributed by atoms with E-state index >= 15 is 0 Å². The van der Waals surface area contributed by atoms with E-state index in [4.69, 9.17) is 18.9 Å². The van der Waals surface area contributed by atoms with Crippen molar-refractivity contribution < 1.29 is 69.7 Å². The van der Waals surface area contributed by atoms with Crippen LogP contribution in [0.2, 0.25) is 0 Å². The van der Waals surface area contributed by atoms with E-state index < -0.39 is 108 Å². The van der Waals surface area contributed by atoms with Gasteiger partial charge in [-0.05, 0) is 91.3 Å². The first-order chi connectivity index (χ1) is 25.7. The molecule has 0 aromatic carbocycles. The van der Waals surface area contributed by atoms with Crippen molar-refractivity contribution in [2.45, 2.75) is 167 Å². The summed E-state index contributed by atoms with van der Waals surface area (Å²) in [4.78, 5) is 14.6. The first kappa shape index (κ1) is 41.9. The van der Waals surface area contributed by atoms with E-state index in [0.29, 0.717) is 38.5 Å². The lowest BCUT2D eigenvalue weighted by Crippen LogP contribution is -2.68. The number of aliphatic hydroxyl groups excluding tert-OH is 9. The van der Waals surface area contributed by atoms with Crippen LogP contribution in [0.1, 0.15) is 99.3 Å². The monoisotopic (exact) mass is 782 g/mol. The van der Waals surface area contributed by atoms with Gasteiger partial charge in [0.05, 0.1) is 37.4 Å². The van der Waals surface area contributed by atoms with Crippen LogP contribution in [0.15, 0.2) is 11.6 Å². The molecule has 4 saturated carbocycles. The highest BCUT2D eigenvalue weighted by atomic mass is 16.7. The highest BCUT2D eigenvalue weighted by Gasteiger charge is 2.71. The van der Waals surface area contributed by atoms with Crippen LogP contribution in [0.25, 0.3) is 0 Å². The number of hydrogen-bond donors (Lipinski definition) is 9. The Morgan fingerprint density at radius 1 is 0.782 bits per heavy atom. The molecular formula is C41H66O14. The predicted molar refractivity (Wildman–Crippen MR) is 194 cm³/mol. The Morgan fingerprint density at radius 2 is 1.45 bits per heavy atom. The van der Waals surface area contributed by atoms with Crippen molar-refractivity contribution in [3.63, 3.8) is 0 Å². The van der Waals surface area contributed by atoms with Crippen LogP contribution in [0, 0.1) is 50.2 Å². The van der Waals surface area contributed by atoms with Gasteiger partial charge in [-0.1, -0.05) is 53.2 Å². The summed E-state index contributed by atoms with van der Waals surface area (Å²) in [5.74, 6) is -0.978. The van der Waals surface area contributed by atoms with Crippen LogP contribution in [0.5, 0.6) is 0 Å². The van der Waals surface area contributed by atoms with Gasteiger partial charge in [-0.3, -0.25) is 4.79 Å². The Bertz CT molecular complexity index is 1490. The summed E-state index contributed by atoms with van der Waals surface area (Å²) in [7, 11) is 0. The molecule has 6 fully saturated rings. The topological polar surface area (TPSA) is 236 Å². The van der Waals surface area contributed by atoms with Crippen LogP contribution < -0.4 is 0 Å². The van der Waals surface area contributed by atoms with E-state index in [1.165, 1.54) is 0 Å². The Balaban J connectivity index is 1.20. The number of carbonyl (C=O) groups excluding carboxylic acids is 1. The van der Waals surface area contributed by atoms with Crippen LogP contribution in [-0.2, 0) is 23.7 Å². The normalized spacial score (nSPS) is 54.9. The van der Waals surface area contributed by atoms with Gasteiger partial charge < -0.3 is 64.9 Å². The molecule has 5 aliphatic carbocycles. The van der Waals surface area contributed by atoms with Crippen molar-refractivity contribution in [3.8, 4) is 0 Å². The maximum atomic E-state index is 14.6. The van der Waals surface area contributed by atoms with Gasteiger partial charge in [0, 0.05) is 11.3 Å². The molecule has 0 aromatic rings. The largest absolute Gasteiger partial charge is 0.432 e. The Hall–Kier alpha value is -1.27. The van der Waals surface area contributed by atoms with Gasteiger partial charge >= 0.3 is 5.97 Å². The number of ether oxygens (including phenoxy) is 4. The van der Waals surface area contributed by atoms with Crippen molar-refractivity contribution in [2.24, 2.45) is 50.2 Å². The van der Waals surface area contributed by atoms with Crippen molar-refractivity contribution in [1.82, 2.24) is 0 Å². The number of esters is 1. The molecule has 19 atom stereocenters. The van der Waals surface area contributed by atoms with Crippen molar-refractivity contribution in [2.75, 3.05) is 19.8 Å². The first-order valence-electron chi connectivity index (χ1n) is 20.5. The third-order valence-electron chi connectivity index (χ3n) is 17.2. The lowest BCUT2D eigenvalue weighted by Gasteiger charge is -2.71. The minimum Gasteiger partial charge on any atom is -0.432 e. The summed E-state index contributed by atoms with van der Waals surface area (Å²) in [5, 5.41) is 95.7. The smallest absolute Gasteiger partial charge is 0.315 e. The summed E-state index contributed by atoms with van der Waals surface area (Å²) in [6.07, 6.45) is -6.32. The predicted octanol–water partition coefficient (Wildman–Crippen LogP) is 0.899. The summed E-state index contributed by atoms with van der Waals surface area (Å²) >= 11 is 0. The van der Waals surface area contributed by atoms with Crippen molar-refractivity contribution in [3.05, 3.63) is 11.6 Å². The maximum Gasteiger partial charge on any atom is 0.315 e. The fraction of sp³-hybridized carbons (Fsp3) is 0.927. The molecule has 2 heterocycles. The highest BCUT2D eigenvalue weighted by molar-refractivity contribution is 5.79. The van der Waals surface area contributed by atoms with E-state index in [0.717, 1.165) is 24.8 Å². The first-order valence-corrected chi connectivity index (χ1v) is 20.5. The second-order valence-electron chi connectivity index (χ2n) is 20.0. The standard InChI is InChI=1S/C41H66O14/c1-36(2)13-15-41(35(51)55-34-31(49)29(47)28(46)22(17-42)53-34)16-14-39(5)20(26(41)32(36)50)7-8-24-37(3)11-10-25(54-33-30(48)27(45)21(44)18-52-33)38(4,19-43)23(37)9-12-40(24,39)6/h7,21-34,42-50H,8-19H2,1-6H3/t21-,22+,23+,24-,25-,26-,27-,28+,29-,30+,31+,32-,33-,34-,37-,38-,39+,40+,41-/m0/s1. The molecule has 7 rings (SSSR count). The highest BCUT2D eigenvalue weighted by Crippen LogP contribution is 2.76. The molecule has 14 heteroatoms. The second-order valence-corrected chi connectivity index (χ2v) is 20.0. The van der Waals surface area contributed by atoms with Gasteiger partial charge in [0.15, 0.2) is 6.29 Å². The van der Waals surface area contributed by atoms with E-state index in [9.17, 15) is 50.8 Å². The molecule has 55 heavy (non-hydrogen) atoms. The SMILES string of the molecule is CC1(C)CC[C@]2(C(=O)O[C@@H]3O[C@H](CO)[C@@H](O)[C@H](O)[C@H]3O)CC[C@]3(C)C(=CC[C@H]4[C@@]5(C)CC[C@H](O[C@@H]6OC[C@H](O)[C@H](O)[C@H]6O)[C@@](C)(CO)[C@@H]5CC[C@]43C)[C@H]2[C@@H]1O. The molecule has 0 unspecified atom stereocenters. The summed E-state index contributed by atoms with van der Waals surface area (Å²) in [5.41, 5.74) is -2.16. The molecule has 7 aliphatic rings. The zero-order valence-corrected chi connectivity index (χ0v) is 33.2.